The topological polar surface area (TPSA) is 54.9 Å². The summed E-state index contributed by atoms with van der Waals surface area (Å²) in [4.78, 5) is 20.7. The van der Waals surface area contributed by atoms with Crippen molar-refractivity contribution in [1.82, 2.24) is 15.3 Å². The van der Waals surface area contributed by atoms with Gasteiger partial charge >= 0.3 is 0 Å². The van der Waals surface area contributed by atoms with E-state index in [1.165, 1.54) is 11.3 Å². The van der Waals surface area contributed by atoms with E-state index in [1.54, 1.807) is 17.6 Å². The van der Waals surface area contributed by atoms with Crippen LogP contribution in [0.5, 0.6) is 0 Å². The van der Waals surface area contributed by atoms with E-state index in [-0.39, 0.29) is 5.91 Å². The molecule has 0 bridgehead atoms. The van der Waals surface area contributed by atoms with Crippen LogP contribution in [0.25, 0.3) is 10.7 Å². The van der Waals surface area contributed by atoms with E-state index in [1.807, 2.05) is 36.4 Å². The first kappa shape index (κ1) is 14.7. The van der Waals surface area contributed by atoms with Gasteiger partial charge in [0.25, 0.3) is 5.91 Å². The van der Waals surface area contributed by atoms with Gasteiger partial charge in [0.1, 0.15) is 10.7 Å². The van der Waals surface area contributed by atoms with Crippen molar-refractivity contribution in [2.45, 2.75) is 6.54 Å². The number of amides is 1. The molecule has 1 amide bonds. The average Bonchev–Trinajstić information content (AvgIpc) is 3.05. The van der Waals surface area contributed by atoms with Crippen molar-refractivity contribution in [2.24, 2.45) is 0 Å². The van der Waals surface area contributed by atoms with E-state index in [0.717, 1.165) is 16.3 Å². The van der Waals surface area contributed by atoms with E-state index in [0.29, 0.717) is 17.3 Å². The van der Waals surface area contributed by atoms with Crippen LogP contribution < -0.4 is 5.32 Å². The summed E-state index contributed by atoms with van der Waals surface area (Å²) in [5.74, 6) is -0.224. The second-order valence-electron chi connectivity index (χ2n) is 4.53. The fourth-order valence-corrected chi connectivity index (χ4v) is 2.87. The number of benzene rings is 1. The van der Waals surface area contributed by atoms with E-state index >= 15 is 0 Å². The fraction of sp³-hybridized carbons (Fsp3) is 0.0625. The molecule has 22 heavy (non-hydrogen) atoms. The van der Waals surface area contributed by atoms with Gasteiger partial charge in [-0.15, -0.1) is 11.3 Å². The molecule has 4 nitrogen and oxygen atoms in total. The molecule has 0 spiro atoms. The third kappa shape index (κ3) is 3.32. The molecule has 2 aromatic heterocycles. The van der Waals surface area contributed by atoms with Crippen molar-refractivity contribution >= 4 is 28.8 Å². The van der Waals surface area contributed by atoms with Gasteiger partial charge in [0.05, 0.1) is 5.69 Å². The second kappa shape index (κ2) is 6.68. The highest BCUT2D eigenvalue weighted by Gasteiger charge is 2.12. The maximum atomic E-state index is 12.1. The minimum Gasteiger partial charge on any atom is -0.347 e. The molecule has 0 radical (unpaired) electrons. The molecule has 0 unspecified atom stereocenters. The molecule has 0 aliphatic heterocycles. The van der Waals surface area contributed by atoms with Gasteiger partial charge in [-0.2, -0.15) is 0 Å². The zero-order chi connectivity index (χ0) is 15.4. The van der Waals surface area contributed by atoms with Crippen LogP contribution in [-0.2, 0) is 6.54 Å². The second-order valence-corrected chi connectivity index (χ2v) is 5.79. The van der Waals surface area contributed by atoms with E-state index in [4.69, 9.17) is 11.6 Å². The minimum absolute atomic E-state index is 0.224. The molecule has 1 N–H and O–H groups in total. The lowest BCUT2D eigenvalue weighted by Gasteiger charge is -2.05. The van der Waals surface area contributed by atoms with Gasteiger partial charge in [0.15, 0.2) is 0 Å². The Hall–Kier alpha value is -2.24. The van der Waals surface area contributed by atoms with E-state index in [2.05, 4.69) is 15.3 Å². The average molecular weight is 330 g/mol. The monoisotopic (exact) mass is 329 g/mol. The summed E-state index contributed by atoms with van der Waals surface area (Å²) in [6, 6.07) is 13.0. The van der Waals surface area contributed by atoms with Gasteiger partial charge in [-0.1, -0.05) is 35.9 Å². The summed E-state index contributed by atoms with van der Waals surface area (Å²) in [7, 11) is 0. The van der Waals surface area contributed by atoms with Crippen LogP contribution in [0, 0.1) is 0 Å². The molecule has 0 saturated heterocycles. The van der Waals surface area contributed by atoms with Crippen molar-refractivity contribution in [2.75, 3.05) is 0 Å². The van der Waals surface area contributed by atoms with Gasteiger partial charge in [0.2, 0.25) is 0 Å². The molecule has 3 rings (SSSR count). The SMILES string of the molecule is O=C(NCc1ccccc1Cl)c1csc(-c2ccccn2)n1. The third-order valence-corrected chi connectivity index (χ3v) is 4.25. The summed E-state index contributed by atoms with van der Waals surface area (Å²) in [5.41, 5.74) is 2.02. The van der Waals surface area contributed by atoms with Gasteiger partial charge in [0, 0.05) is 23.1 Å². The molecule has 3 aromatic rings. The van der Waals surface area contributed by atoms with Gasteiger partial charge in [-0.05, 0) is 23.8 Å². The Bertz CT molecular complexity index is 789. The number of hydrogen-bond donors (Lipinski definition) is 1. The summed E-state index contributed by atoms with van der Waals surface area (Å²) in [6.07, 6.45) is 1.70. The Labute approximate surface area is 136 Å². The normalized spacial score (nSPS) is 10.4. The van der Waals surface area contributed by atoms with Crippen LogP contribution in [0.4, 0.5) is 0 Å². The van der Waals surface area contributed by atoms with Crippen molar-refractivity contribution in [3.05, 3.63) is 70.3 Å². The summed E-state index contributed by atoms with van der Waals surface area (Å²) in [6.45, 7) is 0.370. The number of aromatic nitrogens is 2. The molecule has 110 valence electrons. The van der Waals surface area contributed by atoms with Crippen LogP contribution in [-0.4, -0.2) is 15.9 Å². The number of carbonyl (C=O) groups excluding carboxylic acids is 1. The number of halogens is 1. The zero-order valence-corrected chi connectivity index (χ0v) is 13.1. The molecule has 0 aliphatic rings. The van der Waals surface area contributed by atoms with Gasteiger partial charge < -0.3 is 5.32 Å². The van der Waals surface area contributed by atoms with Crippen molar-refractivity contribution in [3.8, 4) is 10.7 Å². The molecular formula is C16H12ClN3OS. The van der Waals surface area contributed by atoms with Gasteiger partial charge in [-0.3, -0.25) is 9.78 Å². The highest BCUT2D eigenvalue weighted by atomic mass is 35.5. The molecule has 2 heterocycles. The maximum absolute atomic E-state index is 12.1. The van der Waals surface area contributed by atoms with Crippen LogP contribution in [0.2, 0.25) is 5.02 Å². The van der Waals surface area contributed by atoms with Crippen molar-refractivity contribution < 1.29 is 4.79 Å². The Morgan fingerprint density at radius 3 is 2.77 bits per heavy atom. The number of carbonyl (C=O) groups is 1. The molecule has 0 fully saturated rings. The predicted octanol–water partition coefficient (Wildman–Crippen LogP) is 3.79. The fourth-order valence-electron chi connectivity index (χ4n) is 1.89. The number of rotatable bonds is 4. The predicted molar refractivity (Wildman–Crippen MR) is 88.0 cm³/mol. The summed E-state index contributed by atoms with van der Waals surface area (Å²) in [5, 5.41) is 5.91. The van der Waals surface area contributed by atoms with E-state index < -0.39 is 0 Å². The first-order chi connectivity index (χ1) is 10.7. The standard InChI is InChI=1S/C16H12ClN3OS/c17-12-6-2-1-5-11(12)9-19-15(21)14-10-22-16(20-14)13-7-3-4-8-18-13/h1-8,10H,9H2,(H,19,21). The summed E-state index contributed by atoms with van der Waals surface area (Å²) < 4.78 is 0. The Morgan fingerprint density at radius 1 is 1.18 bits per heavy atom. The third-order valence-electron chi connectivity index (χ3n) is 3.02. The maximum Gasteiger partial charge on any atom is 0.271 e. The largest absolute Gasteiger partial charge is 0.347 e. The molecule has 0 aliphatic carbocycles. The molecule has 0 atom stereocenters. The van der Waals surface area contributed by atoms with Crippen LogP contribution in [0.1, 0.15) is 16.1 Å². The lowest BCUT2D eigenvalue weighted by molar-refractivity contribution is 0.0946. The highest BCUT2D eigenvalue weighted by Crippen LogP contribution is 2.21. The number of nitrogens with one attached hydrogen (secondary N) is 1. The number of nitrogens with zero attached hydrogens (tertiary/aromatic N) is 2. The number of thiazole rings is 1. The van der Waals surface area contributed by atoms with Crippen LogP contribution in [0.3, 0.4) is 0 Å². The highest BCUT2D eigenvalue weighted by molar-refractivity contribution is 7.13. The number of hydrogen-bond acceptors (Lipinski definition) is 4. The Kier molecular flexibility index (Phi) is 4.46. The zero-order valence-electron chi connectivity index (χ0n) is 11.5. The molecule has 1 aromatic carbocycles. The molecule has 6 heteroatoms. The molecule has 0 saturated carbocycles. The summed E-state index contributed by atoms with van der Waals surface area (Å²) >= 11 is 7.46. The first-order valence-corrected chi connectivity index (χ1v) is 7.88. The smallest absolute Gasteiger partial charge is 0.271 e. The van der Waals surface area contributed by atoms with E-state index in [9.17, 15) is 4.79 Å². The molecular weight excluding hydrogens is 318 g/mol. The number of pyridine rings is 1. The first-order valence-electron chi connectivity index (χ1n) is 6.62. The van der Waals surface area contributed by atoms with Crippen LogP contribution >= 0.6 is 22.9 Å². The Balaban J connectivity index is 1.69. The van der Waals surface area contributed by atoms with Crippen molar-refractivity contribution in [3.63, 3.8) is 0 Å². The quantitative estimate of drug-likeness (QED) is 0.792. The van der Waals surface area contributed by atoms with Crippen molar-refractivity contribution in [1.29, 1.82) is 0 Å². The lowest BCUT2D eigenvalue weighted by Crippen LogP contribution is -2.23. The van der Waals surface area contributed by atoms with Crippen LogP contribution in [0.15, 0.2) is 54.0 Å². The minimum atomic E-state index is -0.224. The Morgan fingerprint density at radius 2 is 2.00 bits per heavy atom. The lowest BCUT2D eigenvalue weighted by atomic mass is 10.2. The van der Waals surface area contributed by atoms with Gasteiger partial charge in [-0.25, -0.2) is 4.98 Å².